The highest BCUT2D eigenvalue weighted by Gasteiger charge is 2.23. The van der Waals surface area contributed by atoms with Crippen LogP contribution in [0.4, 0.5) is 0 Å². The van der Waals surface area contributed by atoms with Crippen molar-refractivity contribution in [3.8, 4) is 0 Å². The number of nitrogens with zero attached hydrogens (tertiary/aromatic N) is 1. The molecule has 1 aliphatic carbocycles. The van der Waals surface area contributed by atoms with Crippen molar-refractivity contribution in [2.75, 3.05) is 0 Å². The minimum Gasteiger partial charge on any atom is -0.299 e. The van der Waals surface area contributed by atoms with Crippen LogP contribution in [0.25, 0.3) is 0 Å². The molecule has 2 nitrogen and oxygen atoms in total. The lowest BCUT2D eigenvalue weighted by Gasteiger charge is -2.20. The molecule has 1 atom stereocenters. The van der Waals surface area contributed by atoms with Gasteiger partial charge in [0.05, 0.1) is 0 Å². The Labute approximate surface area is 88.3 Å². The van der Waals surface area contributed by atoms with Crippen molar-refractivity contribution in [2.45, 2.75) is 31.6 Å². The summed E-state index contributed by atoms with van der Waals surface area (Å²) in [6, 6.07) is 3.69. The summed E-state index contributed by atoms with van der Waals surface area (Å²) in [5.41, 5.74) is 1.02. The van der Waals surface area contributed by atoms with Crippen LogP contribution < -0.4 is 0 Å². The normalized spacial score (nSPS) is 22.4. The molecule has 0 saturated heterocycles. The molecule has 2 rings (SSSR count). The summed E-state index contributed by atoms with van der Waals surface area (Å²) in [5, 5.41) is 0.473. The molecular weight excluding hydrogens is 198 g/mol. The zero-order valence-electron chi connectivity index (χ0n) is 7.87. The first-order chi connectivity index (χ1) is 6.77. The predicted molar refractivity (Wildman–Crippen MR) is 55.5 cm³/mol. The average molecular weight is 210 g/mol. The topological polar surface area (TPSA) is 30.0 Å². The molecule has 0 bridgehead atoms. The fourth-order valence-electron chi connectivity index (χ4n) is 1.97. The molecule has 0 amide bonds. The van der Waals surface area contributed by atoms with Gasteiger partial charge in [0.1, 0.15) is 10.9 Å². The monoisotopic (exact) mass is 209 g/mol. The smallest absolute Gasteiger partial charge is 0.140 e. The number of aromatic nitrogens is 1. The first-order valence-corrected chi connectivity index (χ1v) is 5.29. The molecule has 3 heteroatoms. The second kappa shape index (κ2) is 4.09. The van der Waals surface area contributed by atoms with E-state index in [0.717, 1.165) is 24.8 Å². The highest BCUT2D eigenvalue weighted by atomic mass is 35.5. The highest BCUT2D eigenvalue weighted by Crippen LogP contribution is 2.30. The fourth-order valence-corrected chi connectivity index (χ4v) is 2.15. The van der Waals surface area contributed by atoms with Crippen LogP contribution in [0.15, 0.2) is 18.3 Å². The van der Waals surface area contributed by atoms with Crippen LogP contribution in [0.3, 0.4) is 0 Å². The molecular formula is C11H12ClNO. The third kappa shape index (κ3) is 1.95. The van der Waals surface area contributed by atoms with E-state index in [1.165, 1.54) is 0 Å². The number of rotatable bonds is 1. The largest absolute Gasteiger partial charge is 0.299 e. The van der Waals surface area contributed by atoms with Gasteiger partial charge in [-0.25, -0.2) is 4.98 Å². The number of halogens is 1. The summed E-state index contributed by atoms with van der Waals surface area (Å²) in [7, 11) is 0. The minimum atomic E-state index is 0.0595. The van der Waals surface area contributed by atoms with Crippen molar-refractivity contribution in [2.24, 2.45) is 0 Å². The van der Waals surface area contributed by atoms with Gasteiger partial charge in [0.25, 0.3) is 0 Å². The molecule has 0 spiro atoms. The van der Waals surface area contributed by atoms with Crippen LogP contribution in [-0.4, -0.2) is 10.8 Å². The highest BCUT2D eigenvalue weighted by molar-refractivity contribution is 6.29. The molecule has 0 radical (unpaired) electrons. The van der Waals surface area contributed by atoms with Gasteiger partial charge in [0.2, 0.25) is 0 Å². The van der Waals surface area contributed by atoms with Crippen molar-refractivity contribution in [3.05, 3.63) is 29.0 Å². The van der Waals surface area contributed by atoms with Crippen LogP contribution in [0.2, 0.25) is 5.15 Å². The van der Waals surface area contributed by atoms with E-state index in [-0.39, 0.29) is 5.92 Å². The first-order valence-electron chi connectivity index (χ1n) is 4.91. The maximum Gasteiger partial charge on any atom is 0.140 e. The summed E-state index contributed by atoms with van der Waals surface area (Å²) >= 11 is 5.79. The number of hydrogen-bond acceptors (Lipinski definition) is 2. The third-order valence-electron chi connectivity index (χ3n) is 2.71. The van der Waals surface area contributed by atoms with E-state index < -0.39 is 0 Å². The van der Waals surface area contributed by atoms with Gasteiger partial charge >= 0.3 is 0 Å². The molecule has 1 unspecified atom stereocenters. The molecule has 1 heterocycles. The van der Waals surface area contributed by atoms with Gasteiger partial charge in [-0.15, -0.1) is 0 Å². The van der Waals surface area contributed by atoms with Crippen molar-refractivity contribution in [1.82, 2.24) is 4.98 Å². The number of hydrogen-bond donors (Lipinski definition) is 0. The van der Waals surface area contributed by atoms with Gasteiger partial charge < -0.3 is 0 Å². The lowest BCUT2D eigenvalue weighted by molar-refractivity contribution is -0.121. The molecule has 0 aromatic carbocycles. The lowest BCUT2D eigenvalue weighted by atomic mass is 9.83. The molecule has 14 heavy (non-hydrogen) atoms. The quantitative estimate of drug-likeness (QED) is 0.666. The van der Waals surface area contributed by atoms with Crippen molar-refractivity contribution < 1.29 is 4.79 Å². The van der Waals surface area contributed by atoms with Gasteiger partial charge in [0.15, 0.2) is 0 Å². The molecule has 0 N–H and O–H groups in total. The number of carbonyl (C=O) groups excluding carboxylic acids is 1. The van der Waals surface area contributed by atoms with Crippen molar-refractivity contribution in [3.63, 3.8) is 0 Å². The Balaban J connectivity index is 2.24. The van der Waals surface area contributed by atoms with E-state index >= 15 is 0 Å². The molecule has 1 aromatic rings. The Hall–Kier alpha value is -0.890. The standard InChI is InChI=1S/C11H12ClNO/c12-11-7-8(5-6-13-11)9-3-1-2-4-10(9)14/h5-7,9H,1-4H2. The molecule has 74 valence electrons. The molecule has 0 aliphatic heterocycles. The zero-order chi connectivity index (χ0) is 9.97. The Bertz CT molecular complexity index is 351. The fraction of sp³-hybridized carbons (Fsp3) is 0.455. The Morgan fingerprint density at radius 2 is 2.29 bits per heavy atom. The summed E-state index contributed by atoms with van der Waals surface area (Å²) in [4.78, 5) is 15.6. The Kier molecular flexibility index (Phi) is 2.82. The van der Waals surface area contributed by atoms with Gasteiger partial charge in [0, 0.05) is 18.5 Å². The number of ketones is 1. The van der Waals surface area contributed by atoms with E-state index in [4.69, 9.17) is 11.6 Å². The van der Waals surface area contributed by atoms with Crippen LogP contribution in [0.1, 0.15) is 37.2 Å². The van der Waals surface area contributed by atoms with Gasteiger partial charge in [-0.3, -0.25) is 4.79 Å². The lowest BCUT2D eigenvalue weighted by Crippen LogP contribution is -2.16. The SMILES string of the molecule is O=C1CCCCC1c1ccnc(Cl)c1. The molecule has 1 saturated carbocycles. The van der Waals surface area contributed by atoms with Gasteiger partial charge in [-0.1, -0.05) is 18.0 Å². The maximum atomic E-state index is 11.6. The van der Waals surface area contributed by atoms with Gasteiger partial charge in [-0.05, 0) is 30.5 Å². The van der Waals surface area contributed by atoms with Crippen molar-refractivity contribution in [1.29, 1.82) is 0 Å². The molecule has 1 aromatic heterocycles. The summed E-state index contributed by atoms with van der Waals surface area (Å²) < 4.78 is 0. The maximum absolute atomic E-state index is 11.6. The van der Waals surface area contributed by atoms with Crippen LogP contribution >= 0.6 is 11.6 Å². The van der Waals surface area contributed by atoms with Crippen LogP contribution in [0.5, 0.6) is 0 Å². The Morgan fingerprint density at radius 3 is 3.00 bits per heavy atom. The molecule has 1 fully saturated rings. The summed E-state index contributed by atoms with van der Waals surface area (Å²) in [5.74, 6) is 0.405. The second-order valence-electron chi connectivity index (χ2n) is 3.68. The second-order valence-corrected chi connectivity index (χ2v) is 4.06. The van der Waals surface area contributed by atoms with E-state index in [9.17, 15) is 4.79 Å². The van der Waals surface area contributed by atoms with Crippen LogP contribution in [0, 0.1) is 0 Å². The predicted octanol–water partition coefficient (Wildman–Crippen LogP) is 2.96. The van der Waals surface area contributed by atoms with Crippen molar-refractivity contribution >= 4 is 17.4 Å². The molecule has 1 aliphatic rings. The van der Waals surface area contributed by atoms with E-state index in [0.29, 0.717) is 17.4 Å². The zero-order valence-corrected chi connectivity index (χ0v) is 8.63. The first kappa shape index (κ1) is 9.66. The van der Waals surface area contributed by atoms with E-state index in [1.54, 1.807) is 12.3 Å². The number of Topliss-reactive ketones (excluding diaryl/α,β-unsaturated/α-hetero) is 1. The third-order valence-corrected chi connectivity index (χ3v) is 2.91. The van der Waals surface area contributed by atoms with E-state index in [1.807, 2.05) is 6.07 Å². The number of pyridine rings is 1. The average Bonchev–Trinajstić information content (AvgIpc) is 2.18. The summed E-state index contributed by atoms with van der Waals surface area (Å²) in [6.07, 6.45) is 5.51. The number of carbonyl (C=O) groups is 1. The minimum absolute atomic E-state index is 0.0595. The summed E-state index contributed by atoms with van der Waals surface area (Å²) in [6.45, 7) is 0. The van der Waals surface area contributed by atoms with E-state index in [2.05, 4.69) is 4.98 Å². The Morgan fingerprint density at radius 1 is 1.43 bits per heavy atom. The van der Waals surface area contributed by atoms with Gasteiger partial charge in [-0.2, -0.15) is 0 Å². The van der Waals surface area contributed by atoms with Crippen LogP contribution in [-0.2, 0) is 4.79 Å².